The smallest absolute Gasteiger partial charge is 0.222 e. The SMILES string of the molecule is CCC(=O)N1CC[C@@H](NCc2c(C)nn(CCO)c2C)[C@H](CC)C1. The molecule has 24 heavy (non-hydrogen) atoms. The number of likely N-dealkylation sites (tertiary alicyclic amines) is 1. The number of carbonyl (C=O) groups is 1. The third-order valence-electron chi connectivity index (χ3n) is 5.30. The number of nitrogens with zero attached hydrogens (tertiary/aromatic N) is 3. The van der Waals surface area contributed by atoms with Crippen LogP contribution in [-0.4, -0.2) is 51.4 Å². The Bertz CT molecular complexity index is 555. The summed E-state index contributed by atoms with van der Waals surface area (Å²) < 4.78 is 1.88. The van der Waals surface area contributed by atoms with E-state index < -0.39 is 0 Å². The fourth-order valence-corrected chi connectivity index (χ4v) is 3.70. The Morgan fingerprint density at radius 1 is 1.38 bits per heavy atom. The number of aryl methyl sites for hydroxylation is 1. The number of aromatic nitrogens is 2. The molecule has 1 aliphatic rings. The summed E-state index contributed by atoms with van der Waals surface area (Å²) in [6, 6.07) is 0.441. The lowest BCUT2D eigenvalue weighted by Crippen LogP contribution is -2.50. The largest absolute Gasteiger partial charge is 0.394 e. The Labute approximate surface area is 145 Å². The lowest BCUT2D eigenvalue weighted by molar-refractivity contribution is -0.133. The minimum Gasteiger partial charge on any atom is -0.394 e. The number of amides is 1. The lowest BCUT2D eigenvalue weighted by Gasteiger charge is -2.38. The van der Waals surface area contributed by atoms with E-state index in [9.17, 15) is 4.79 Å². The standard InChI is InChI=1S/C18H32N4O2/c1-5-15-12-21(18(24)6-2)8-7-17(15)19-11-16-13(3)20-22(9-10-23)14(16)4/h15,17,19,23H,5-12H2,1-4H3/t15-,17-/m1/s1. The molecule has 0 saturated carbocycles. The van der Waals surface area contributed by atoms with Crippen molar-refractivity contribution in [1.29, 1.82) is 0 Å². The Kier molecular flexibility index (Phi) is 6.80. The maximum atomic E-state index is 11.9. The molecule has 0 radical (unpaired) electrons. The summed E-state index contributed by atoms with van der Waals surface area (Å²) in [6.07, 6.45) is 2.68. The lowest BCUT2D eigenvalue weighted by atomic mass is 9.89. The van der Waals surface area contributed by atoms with Gasteiger partial charge in [-0.05, 0) is 26.2 Å². The van der Waals surface area contributed by atoms with Crippen LogP contribution in [0.15, 0.2) is 0 Å². The molecular formula is C18H32N4O2. The molecular weight excluding hydrogens is 304 g/mol. The van der Waals surface area contributed by atoms with Crippen molar-refractivity contribution in [2.45, 2.75) is 66.1 Å². The van der Waals surface area contributed by atoms with Crippen LogP contribution in [0.1, 0.15) is 50.1 Å². The number of carbonyl (C=O) groups excluding carboxylic acids is 1. The Hall–Kier alpha value is -1.40. The van der Waals surface area contributed by atoms with Gasteiger partial charge in [0, 0.05) is 43.4 Å². The molecule has 2 heterocycles. The van der Waals surface area contributed by atoms with E-state index in [1.807, 2.05) is 23.4 Å². The second kappa shape index (κ2) is 8.62. The predicted octanol–water partition coefficient (Wildman–Crippen LogP) is 1.62. The Balaban J connectivity index is 1.98. The molecule has 0 spiro atoms. The van der Waals surface area contributed by atoms with Crippen LogP contribution in [0.5, 0.6) is 0 Å². The van der Waals surface area contributed by atoms with E-state index in [-0.39, 0.29) is 12.5 Å². The number of piperidine rings is 1. The Morgan fingerprint density at radius 3 is 2.75 bits per heavy atom. The van der Waals surface area contributed by atoms with Crippen molar-refractivity contribution in [2.24, 2.45) is 5.92 Å². The van der Waals surface area contributed by atoms with E-state index in [4.69, 9.17) is 5.11 Å². The molecule has 0 unspecified atom stereocenters. The van der Waals surface area contributed by atoms with Gasteiger partial charge in [0.2, 0.25) is 5.91 Å². The van der Waals surface area contributed by atoms with Gasteiger partial charge in [-0.1, -0.05) is 20.3 Å². The number of aliphatic hydroxyl groups is 1. The van der Waals surface area contributed by atoms with Gasteiger partial charge in [0.05, 0.1) is 18.8 Å². The molecule has 2 atom stereocenters. The zero-order chi connectivity index (χ0) is 17.7. The van der Waals surface area contributed by atoms with E-state index in [0.29, 0.717) is 24.9 Å². The van der Waals surface area contributed by atoms with E-state index in [1.165, 1.54) is 5.56 Å². The third kappa shape index (κ3) is 4.16. The fourth-order valence-electron chi connectivity index (χ4n) is 3.70. The van der Waals surface area contributed by atoms with Crippen LogP contribution in [0.3, 0.4) is 0 Å². The molecule has 136 valence electrons. The van der Waals surface area contributed by atoms with Crippen LogP contribution < -0.4 is 5.32 Å². The first-order valence-electron chi connectivity index (χ1n) is 9.16. The molecule has 1 aliphatic heterocycles. The van der Waals surface area contributed by atoms with Gasteiger partial charge < -0.3 is 15.3 Å². The van der Waals surface area contributed by atoms with Crippen LogP contribution in [0.4, 0.5) is 0 Å². The molecule has 1 saturated heterocycles. The van der Waals surface area contributed by atoms with E-state index >= 15 is 0 Å². The molecule has 6 nitrogen and oxygen atoms in total. The predicted molar refractivity (Wildman–Crippen MR) is 94.7 cm³/mol. The summed E-state index contributed by atoms with van der Waals surface area (Å²) in [4.78, 5) is 14.0. The molecule has 0 bridgehead atoms. The molecule has 1 fully saturated rings. The highest BCUT2D eigenvalue weighted by Crippen LogP contribution is 2.22. The van der Waals surface area contributed by atoms with Crippen molar-refractivity contribution in [1.82, 2.24) is 20.0 Å². The number of nitrogens with one attached hydrogen (secondary N) is 1. The quantitative estimate of drug-likeness (QED) is 0.794. The molecule has 0 aliphatic carbocycles. The molecule has 2 N–H and O–H groups in total. The van der Waals surface area contributed by atoms with Gasteiger partial charge in [0.25, 0.3) is 0 Å². The first-order chi connectivity index (χ1) is 11.5. The zero-order valence-electron chi connectivity index (χ0n) is 15.5. The van der Waals surface area contributed by atoms with Crippen molar-refractivity contribution in [3.8, 4) is 0 Å². The molecule has 6 heteroatoms. The van der Waals surface area contributed by atoms with E-state index in [2.05, 4.69) is 24.3 Å². The number of rotatable bonds is 7. The topological polar surface area (TPSA) is 70.4 Å². The maximum absolute atomic E-state index is 11.9. The number of hydrogen-bond acceptors (Lipinski definition) is 4. The number of aliphatic hydroxyl groups excluding tert-OH is 1. The fraction of sp³-hybridized carbons (Fsp3) is 0.778. The van der Waals surface area contributed by atoms with Crippen molar-refractivity contribution in [3.63, 3.8) is 0 Å². The summed E-state index contributed by atoms with van der Waals surface area (Å²) in [6.45, 7) is 11.4. The van der Waals surface area contributed by atoms with Crippen LogP contribution in [0, 0.1) is 19.8 Å². The molecule has 1 aromatic rings. The Morgan fingerprint density at radius 2 is 2.12 bits per heavy atom. The summed E-state index contributed by atoms with van der Waals surface area (Å²) >= 11 is 0. The van der Waals surface area contributed by atoms with Crippen LogP contribution in [0.2, 0.25) is 0 Å². The van der Waals surface area contributed by atoms with Gasteiger partial charge in [-0.2, -0.15) is 5.10 Å². The molecule has 0 aromatic carbocycles. The molecule has 2 rings (SSSR count). The highest BCUT2D eigenvalue weighted by atomic mass is 16.3. The second-order valence-corrected chi connectivity index (χ2v) is 6.73. The summed E-state index contributed by atoms with van der Waals surface area (Å²) in [5.74, 6) is 0.770. The monoisotopic (exact) mass is 336 g/mol. The zero-order valence-corrected chi connectivity index (χ0v) is 15.5. The van der Waals surface area contributed by atoms with Crippen molar-refractivity contribution in [2.75, 3.05) is 19.7 Å². The first-order valence-corrected chi connectivity index (χ1v) is 9.16. The van der Waals surface area contributed by atoms with Crippen molar-refractivity contribution < 1.29 is 9.90 Å². The maximum Gasteiger partial charge on any atom is 0.222 e. The van der Waals surface area contributed by atoms with E-state index in [0.717, 1.165) is 43.9 Å². The van der Waals surface area contributed by atoms with Crippen LogP contribution in [0.25, 0.3) is 0 Å². The van der Waals surface area contributed by atoms with Gasteiger partial charge in [-0.25, -0.2) is 0 Å². The van der Waals surface area contributed by atoms with Gasteiger partial charge in [0.1, 0.15) is 0 Å². The summed E-state index contributed by atoms with van der Waals surface area (Å²) in [7, 11) is 0. The summed E-state index contributed by atoms with van der Waals surface area (Å²) in [5, 5.41) is 17.3. The van der Waals surface area contributed by atoms with Gasteiger partial charge in [-0.15, -0.1) is 0 Å². The van der Waals surface area contributed by atoms with Crippen LogP contribution in [-0.2, 0) is 17.9 Å². The van der Waals surface area contributed by atoms with Gasteiger partial charge in [0.15, 0.2) is 0 Å². The second-order valence-electron chi connectivity index (χ2n) is 6.73. The highest BCUT2D eigenvalue weighted by molar-refractivity contribution is 5.75. The minimum atomic E-state index is 0.108. The average Bonchev–Trinajstić information content (AvgIpc) is 2.86. The first kappa shape index (κ1) is 18.9. The van der Waals surface area contributed by atoms with Crippen molar-refractivity contribution in [3.05, 3.63) is 17.0 Å². The normalized spacial score (nSPS) is 21.3. The highest BCUT2D eigenvalue weighted by Gasteiger charge is 2.29. The molecule has 1 aromatic heterocycles. The van der Waals surface area contributed by atoms with Crippen molar-refractivity contribution >= 4 is 5.91 Å². The van der Waals surface area contributed by atoms with E-state index in [1.54, 1.807) is 0 Å². The van der Waals surface area contributed by atoms with Crippen LogP contribution >= 0.6 is 0 Å². The minimum absolute atomic E-state index is 0.108. The average molecular weight is 336 g/mol. The third-order valence-corrected chi connectivity index (χ3v) is 5.30. The summed E-state index contributed by atoms with van der Waals surface area (Å²) in [5.41, 5.74) is 3.38. The molecule has 1 amide bonds. The van der Waals surface area contributed by atoms with Gasteiger partial charge in [-0.3, -0.25) is 9.48 Å². The number of hydrogen-bond donors (Lipinski definition) is 2. The van der Waals surface area contributed by atoms with Gasteiger partial charge >= 0.3 is 0 Å².